The maximum absolute atomic E-state index is 4.71. The smallest absolute Gasteiger partial charge is 0.125 e. The molecule has 0 fully saturated rings. The Hall–Kier alpha value is -3.18. The molecule has 0 spiro atoms. The van der Waals surface area contributed by atoms with Gasteiger partial charge in [0.15, 0.2) is 0 Å². The van der Waals surface area contributed by atoms with Crippen molar-refractivity contribution in [2.45, 2.75) is 20.0 Å². The van der Waals surface area contributed by atoms with E-state index in [0.717, 1.165) is 35.0 Å². The van der Waals surface area contributed by atoms with Crippen molar-refractivity contribution < 1.29 is 0 Å². The lowest BCUT2D eigenvalue weighted by Crippen LogP contribution is -2.34. The van der Waals surface area contributed by atoms with Gasteiger partial charge in [-0.15, -0.1) is 0 Å². The zero-order valence-corrected chi connectivity index (χ0v) is 17.4. The quantitative estimate of drug-likeness (QED) is 0.846. The monoisotopic (exact) mass is 385 g/mol. The molecule has 1 aromatic heterocycles. The fourth-order valence-electron chi connectivity index (χ4n) is 3.77. The molecule has 2 aliphatic rings. The van der Waals surface area contributed by atoms with Gasteiger partial charge >= 0.3 is 0 Å². The highest BCUT2D eigenvalue weighted by molar-refractivity contribution is 5.91. The summed E-state index contributed by atoms with van der Waals surface area (Å²) in [5.41, 5.74) is 6.73. The van der Waals surface area contributed by atoms with Gasteiger partial charge in [0, 0.05) is 18.9 Å². The van der Waals surface area contributed by atoms with E-state index in [1.165, 1.54) is 11.1 Å². The second-order valence-corrected chi connectivity index (χ2v) is 7.63. The van der Waals surface area contributed by atoms with E-state index in [1.54, 1.807) is 0 Å². The number of allylic oxidation sites excluding steroid dienone is 1. The number of fused-ring (bicyclic) bond motifs is 1. The molecule has 3 heterocycles. The molecule has 148 valence electrons. The molecular formula is C24H27N5. The molecule has 0 amide bonds. The predicted octanol–water partition coefficient (Wildman–Crippen LogP) is 3.89. The fraction of sp³-hybridized carbons (Fsp3) is 0.250. The molecule has 1 N–H and O–H groups in total. The van der Waals surface area contributed by atoms with Gasteiger partial charge in [0.1, 0.15) is 12.0 Å². The summed E-state index contributed by atoms with van der Waals surface area (Å²) >= 11 is 0. The van der Waals surface area contributed by atoms with E-state index in [4.69, 9.17) is 4.98 Å². The lowest BCUT2D eigenvalue weighted by molar-refractivity contribution is 0.418. The number of hydrogen-bond donors (Lipinski definition) is 1. The maximum Gasteiger partial charge on any atom is 0.125 e. The van der Waals surface area contributed by atoms with E-state index in [-0.39, 0.29) is 6.17 Å². The fourth-order valence-corrected chi connectivity index (χ4v) is 3.77. The molecule has 0 radical (unpaired) electrons. The largest absolute Gasteiger partial charge is 0.359 e. The Kier molecular flexibility index (Phi) is 5.32. The van der Waals surface area contributed by atoms with E-state index in [2.05, 4.69) is 89.0 Å². The highest BCUT2D eigenvalue weighted by Crippen LogP contribution is 2.36. The van der Waals surface area contributed by atoms with Gasteiger partial charge in [-0.2, -0.15) is 0 Å². The van der Waals surface area contributed by atoms with Gasteiger partial charge in [-0.1, -0.05) is 36.4 Å². The van der Waals surface area contributed by atoms with Crippen molar-refractivity contribution in [2.75, 3.05) is 20.6 Å². The summed E-state index contributed by atoms with van der Waals surface area (Å²) in [7, 11) is 4.18. The molecule has 0 bridgehead atoms. The van der Waals surface area contributed by atoms with Gasteiger partial charge in [0.05, 0.1) is 17.1 Å². The van der Waals surface area contributed by atoms with E-state index >= 15 is 0 Å². The van der Waals surface area contributed by atoms with Gasteiger partial charge < -0.3 is 15.1 Å². The predicted molar refractivity (Wildman–Crippen MR) is 119 cm³/mol. The van der Waals surface area contributed by atoms with Crippen LogP contribution in [0.5, 0.6) is 0 Å². The third-order valence-corrected chi connectivity index (χ3v) is 4.98. The van der Waals surface area contributed by atoms with Gasteiger partial charge in [0.2, 0.25) is 0 Å². The molecule has 5 heteroatoms. The van der Waals surface area contributed by atoms with Crippen molar-refractivity contribution in [1.29, 1.82) is 0 Å². The third kappa shape index (κ3) is 4.00. The number of nitrogens with one attached hydrogen (secondary N) is 1. The van der Waals surface area contributed by atoms with Crippen molar-refractivity contribution in [3.05, 3.63) is 89.2 Å². The molecule has 0 aliphatic carbocycles. The minimum atomic E-state index is 0.0745. The molecule has 1 atom stereocenters. The van der Waals surface area contributed by atoms with Crippen molar-refractivity contribution in [3.63, 3.8) is 0 Å². The lowest BCUT2D eigenvalue weighted by atomic mass is 10.1. The first-order valence-corrected chi connectivity index (χ1v) is 9.91. The number of likely N-dealkylation sites (N-methyl/N-ethyl adjacent to an activating group) is 1. The molecule has 1 unspecified atom stereocenters. The van der Waals surface area contributed by atoms with Crippen molar-refractivity contribution in [3.8, 4) is 0 Å². The Labute approximate surface area is 172 Å². The number of rotatable bonds is 5. The van der Waals surface area contributed by atoms with Crippen molar-refractivity contribution in [1.82, 2.24) is 25.1 Å². The number of hydrogen-bond acceptors (Lipinski definition) is 5. The van der Waals surface area contributed by atoms with E-state index in [9.17, 15) is 0 Å². The minimum absolute atomic E-state index is 0.0745. The van der Waals surface area contributed by atoms with Crippen LogP contribution < -0.4 is 5.32 Å². The molecule has 5 nitrogen and oxygen atoms in total. The molecule has 29 heavy (non-hydrogen) atoms. The average Bonchev–Trinajstić information content (AvgIpc) is 3.07. The van der Waals surface area contributed by atoms with Gasteiger partial charge in [-0.25, -0.2) is 9.97 Å². The van der Waals surface area contributed by atoms with Crippen LogP contribution in [-0.4, -0.2) is 46.6 Å². The number of aromatic nitrogens is 2. The Morgan fingerprint density at radius 2 is 1.97 bits per heavy atom. The molecule has 0 saturated carbocycles. The summed E-state index contributed by atoms with van der Waals surface area (Å²) in [4.78, 5) is 13.4. The topological polar surface area (TPSA) is 44.3 Å². The highest BCUT2D eigenvalue weighted by atomic mass is 15.3. The maximum atomic E-state index is 4.71. The summed E-state index contributed by atoms with van der Waals surface area (Å²) in [6.45, 7) is 4.88. The highest BCUT2D eigenvalue weighted by Gasteiger charge is 2.33. The molecule has 0 saturated heterocycles. The van der Waals surface area contributed by atoms with E-state index in [0.29, 0.717) is 0 Å². The molecule has 2 aliphatic heterocycles. The first kappa shape index (κ1) is 19.2. The van der Waals surface area contributed by atoms with Gasteiger partial charge in [0.25, 0.3) is 0 Å². The van der Waals surface area contributed by atoms with E-state index < -0.39 is 0 Å². The third-order valence-electron chi connectivity index (χ3n) is 4.98. The standard InChI is InChI=1S/C24H27N5/c1-5-6-18-7-9-20(10-8-18)23-24(21-11-13-25-17(2)26-21)29-14-12-19(16-28(3)4)15-22(29)27-23/h5-15,22,27H,16H2,1-4H3/b6-5+. The van der Waals surface area contributed by atoms with Crippen LogP contribution >= 0.6 is 0 Å². The van der Waals surface area contributed by atoms with Crippen molar-refractivity contribution in [2.24, 2.45) is 0 Å². The normalized spacial score (nSPS) is 18.4. The molecule has 1 aromatic carbocycles. The lowest BCUT2D eigenvalue weighted by Gasteiger charge is -2.27. The summed E-state index contributed by atoms with van der Waals surface area (Å²) < 4.78 is 0. The Balaban J connectivity index is 1.77. The summed E-state index contributed by atoms with van der Waals surface area (Å²) in [6.07, 6.45) is 12.7. The summed E-state index contributed by atoms with van der Waals surface area (Å²) in [5, 5.41) is 3.71. The molecular weight excluding hydrogens is 358 g/mol. The van der Waals surface area contributed by atoms with Crippen LogP contribution in [0.25, 0.3) is 17.5 Å². The second-order valence-electron chi connectivity index (χ2n) is 7.63. The Morgan fingerprint density at radius 3 is 2.66 bits per heavy atom. The number of aryl methyl sites for hydroxylation is 1. The minimum Gasteiger partial charge on any atom is -0.359 e. The van der Waals surface area contributed by atoms with Crippen LogP contribution in [-0.2, 0) is 0 Å². The molecule has 4 rings (SSSR count). The number of benzene rings is 1. The summed E-state index contributed by atoms with van der Waals surface area (Å²) in [5.74, 6) is 0.769. The van der Waals surface area contributed by atoms with Gasteiger partial charge in [-0.3, -0.25) is 0 Å². The van der Waals surface area contributed by atoms with Crippen molar-refractivity contribution >= 4 is 17.5 Å². The zero-order valence-electron chi connectivity index (χ0n) is 17.4. The van der Waals surface area contributed by atoms with Crippen LogP contribution in [0, 0.1) is 6.92 Å². The van der Waals surface area contributed by atoms with Crippen LogP contribution in [0.4, 0.5) is 0 Å². The van der Waals surface area contributed by atoms with E-state index in [1.807, 2.05) is 26.1 Å². The number of nitrogens with zero attached hydrogens (tertiary/aromatic N) is 4. The summed E-state index contributed by atoms with van der Waals surface area (Å²) in [6, 6.07) is 10.6. The van der Waals surface area contributed by atoms with Crippen LogP contribution in [0.2, 0.25) is 0 Å². The first-order valence-electron chi connectivity index (χ1n) is 9.91. The van der Waals surface area contributed by atoms with Gasteiger partial charge in [-0.05, 0) is 62.9 Å². The second kappa shape index (κ2) is 8.05. The SMILES string of the molecule is C/C=C/c1ccc(C2=C(c3ccnc(C)n3)N3C=CC(CN(C)C)=CC3N2)cc1. The van der Waals surface area contributed by atoms with Crippen LogP contribution in [0.15, 0.2) is 66.5 Å². The van der Waals surface area contributed by atoms with Crippen LogP contribution in [0.3, 0.4) is 0 Å². The Bertz CT molecular complexity index is 1010. The van der Waals surface area contributed by atoms with Crippen LogP contribution in [0.1, 0.15) is 29.6 Å². The zero-order chi connectivity index (χ0) is 20.4. The average molecular weight is 386 g/mol. The Morgan fingerprint density at radius 1 is 1.17 bits per heavy atom. The molecule has 2 aromatic rings. The first-order chi connectivity index (χ1) is 14.0.